The first-order chi connectivity index (χ1) is 24.4. The Morgan fingerprint density at radius 2 is 1.75 bits per heavy atom. The number of nitrogens with one attached hydrogen (secondary N) is 4. The number of allylic oxidation sites excluding steroid dienone is 3. The van der Waals surface area contributed by atoms with Gasteiger partial charge in [-0.05, 0) is 93.9 Å². The summed E-state index contributed by atoms with van der Waals surface area (Å²) in [5, 5.41) is 16.6. The van der Waals surface area contributed by atoms with Crippen LogP contribution in [-0.2, 0) is 20.7 Å². The largest absolute Gasteiger partial charge is 0.468 e. The van der Waals surface area contributed by atoms with Crippen LogP contribution in [0.25, 0.3) is 29.9 Å². The molecule has 1 saturated heterocycles. The summed E-state index contributed by atoms with van der Waals surface area (Å²) in [5.41, 5.74) is 12.7. The normalized spacial score (nSPS) is 23.9. The fourth-order valence-electron chi connectivity index (χ4n) is 8.20. The van der Waals surface area contributed by atoms with Gasteiger partial charge in [0.05, 0.1) is 19.4 Å². The van der Waals surface area contributed by atoms with E-state index in [0.29, 0.717) is 36.3 Å². The second-order valence-corrected chi connectivity index (χ2v) is 14.2. The number of ketones is 1. The first-order valence-electron chi connectivity index (χ1n) is 18.2. The van der Waals surface area contributed by atoms with E-state index in [0.717, 1.165) is 80.7 Å². The van der Waals surface area contributed by atoms with Crippen molar-refractivity contribution in [2.45, 2.75) is 86.9 Å². The van der Waals surface area contributed by atoms with Gasteiger partial charge in [-0.3, -0.25) is 9.59 Å². The number of aromatic amines is 3. The minimum Gasteiger partial charge on any atom is -0.468 e. The maximum atomic E-state index is 14.3. The second kappa shape index (κ2) is 14.6. The highest BCUT2D eigenvalue weighted by molar-refractivity contribution is 6.24. The Bertz CT molecular complexity index is 2120. The van der Waals surface area contributed by atoms with Gasteiger partial charge in [0.2, 0.25) is 0 Å². The van der Waals surface area contributed by atoms with Crippen LogP contribution in [0.4, 0.5) is 0 Å². The smallest absolute Gasteiger partial charge is 0.321 e. The zero-order valence-electron chi connectivity index (χ0n) is 31.2. The highest BCUT2D eigenvalue weighted by Gasteiger charge is 2.48. The Morgan fingerprint density at radius 1 is 1.02 bits per heavy atom. The monoisotopic (exact) mass is 692 g/mol. The maximum absolute atomic E-state index is 14.3. The molecule has 3 aromatic rings. The van der Waals surface area contributed by atoms with Crippen molar-refractivity contribution in [2.24, 2.45) is 17.8 Å². The molecular weight excluding hydrogens is 640 g/mol. The van der Waals surface area contributed by atoms with Crippen LogP contribution >= 0.6 is 0 Å². The quantitative estimate of drug-likeness (QED) is 0.0701. The molecule has 9 heteroatoms. The number of carbonyl (C=O) groups is 2. The molecule has 0 saturated carbocycles. The van der Waals surface area contributed by atoms with E-state index < -0.39 is 18.2 Å². The van der Waals surface area contributed by atoms with Gasteiger partial charge in [0, 0.05) is 67.7 Å². The van der Waals surface area contributed by atoms with Gasteiger partial charge < -0.3 is 34.8 Å². The van der Waals surface area contributed by atoms with E-state index in [9.17, 15) is 14.7 Å². The van der Waals surface area contributed by atoms with E-state index in [1.54, 1.807) is 0 Å². The Hall–Kier alpha value is -4.60. The third-order valence-corrected chi connectivity index (χ3v) is 11.2. The van der Waals surface area contributed by atoms with Crippen LogP contribution in [0.2, 0.25) is 0 Å². The first-order valence-corrected chi connectivity index (χ1v) is 18.2. The number of hydrogen-bond donors (Lipinski definition) is 5. The molecule has 8 bridgehead atoms. The number of aliphatic hydroxyl groups is 1. The third-order valence-electron chi connectivity index (χ3n) is 11.2. The van der Waals surface area contributed by atoms with Crippen LogP contribution in [0, 0.1) is 38.5 Å². The highest BCUT2D eigenvalue weighted by Crippen LogP contribution is 2.48. The fraction of sp³-hybridized carbons (Fsp3) is 0.429. The zero-order valence-corrected chi connectivity index (χ0v) is 31.2. The van der Waals surface area contributed by atoms with Gasteiger partial charge >= 0.3 is 5.97 Å². The summed E-state index contributed by atoms with van der Waals surface area (Å²) < 4.78 is 11.1. The summed E-state index contributed by atoms with van der Waals surface area (Å²) in [6.45, 7) is 19.1. The standard InChI is InChI=1S/C42H52N4O5/c1-10-13-21(4)16-17-51-35(47)15-14-28-24(7)31-18-29-22(5)26(11-2)33(43-29)19-30-23(6)27(12-3)34(44-30)20-32-25(8)36-40(46-32)37(39(28)45-31)38(41(36)48)42(49)50-9/h11,16,18-20,24,28,35,38,43-47H,2,10,12-15,17H2,1,3-9H3/b21-16-,30-19-,31-18-,34-20-,39-37-/t24-,28-,35?,38+/m0/s1. The summed E-state index contributed by atoms with van der Waals surface area (Å²) >= 11 is 0. The number of Topliss-reactive ketones (excluding diaryl/α,β-unsaturated/α-hetero) is 1. The number of H-pyrrole nitrogens is 3. The number of carbonyl (C=O) groups excluding carboxylic acids is 2. The molecule has 6 rings (SSSR count). The Balaban J connectivity index is 1.56. The van der Waals surface area contributed by atoms with Gasteiger partial charge in [-0.15, -0.1) is 0 Å². The third kappa shape index (κ3) is 6.42. The van der Waals surface area contributed by atoms with Crippen LogP contribution in [-0.4, -0.2) is 51.8 Å². The van der Waals surface area contributed by atoms with Crippen molar-refractivity contribution in [1.29, 1.82) is 0 Å². The number of aromatic nitrogens is 3. The summed E-state index contributed by atoms with van der Waals surface area (Å²) in [4.78, 5) is 38.6. The van der Waals surface area contributed by atoms with Crippen molar-refractivity contribution in [3.8, 4) is 0 Å². The Morgan fingerprint density at radius 3 is 2.43 bits per heavy atom. The second-order valence-electron chi connectivity index (χ2n) is 14.2. The van der Waals surface area contributed by atoms with Crippen molar-refractivity contribution in [1.82, 2.24) is 20.3 Å². The zero-order chi connectivity index (χ0) is 36.7. The SMILES string of the molecule is C=Cc1c2[nH]c(c1C)/C=C1\N/C(=C3\c4[nH]c(c(C)c4C(=O)[C@@H]3C(=O)OC)/C=c3\[nH]/c(c(C)c3CC)=C\2)[C@@H](CCC(O)OC/C=C(/C)CCC)[C@@H]1C. The lowest BCUT2D eigenvalue weighted by Gasteiger charge is -2.21. The molecule has 0 aromatic carbocycles. The van der Waals surface area contributed by atoms with Crippen LogP contribution in [0.3, 0.4) is 0 Å². The number of aliphatic hydroxyl groups excluding tert-OH is 1. The fourth-order valence-corrected chi connectivity index (χ4v) is 8.20. The van der Waals surface area contributed by atoms with Crippen molar-refractivity contribution in [2.75, 3.05) is 13.7 Å². The Kier molecular flexibility index (Phi) is 10.3. The van der Waals surface area contributed by atoms with E-state index in [4.69, 9.17) is 9.47 Å². The lowest BCUT2D eigenvalue weighted by molar-refractivity contribution is -0.141. The predicted molar refractivity (Wildman–Crippen MR) is 203 cm³/mol. The lowest BCUT2D eigenvalue weighted by Crippen LogP contribution is -2.25. The van der Waals surface area contributed by atoms with Crippen molar-refractivity contribution < 1.29 is 24.2 Å². The van der Waals surface area contributed by atoms with Gasteiger partial charge in [-0.25, -0.2) is 0 Å². The molecule has 3 aliphatic rings. The first kappa shape index (κ1) is 36.2. The predicted octanol–water partition coefficient (Wildman–Crippen LogP) is 6.23. The summed E-state index contributed by atoms with van der Waals surface area (Å²) in [6.07, 6.45) is 13.1. The molecule has 5 N–H and O–H groups in total. The van der Waals surface area contributed by atoms with E-state index in [2.05, 4.69) is 86.6 Å². The van der Waals surface area contributed by atoms with E-state index in [1.165, 1.54) is 18.2 Å². The number of methoxy groups -OCH3 is 1. The van der Waals surface area contributed by atoms with Gasteiger partial charge in [0.1, 0.15) is 5.92 Å². The number of fused-ring (bicyclic) bond motifs is 7. The molecule has 5 heterocycles. The Labute approximate surface area is 300 Å². The molecule has 0 spiro atoms. The van der Waals surface area contributed by atoms with Gasteiger partial charge in [-0.1, -0.05) is 51.5 Å². The summed E-state index contributed by atoms with van der Waals surface area (Å²) in [5.74, 6) is -2.17. The average molecular weight is 693 g/mol. The molecular formula is C42H52N4O5. The molecule has 0 amide bonds. The summed E-state index contributed by atoms with van der Waals surface area (Å²) in [6, 6.07) is 0. The minimum atomic E-state index is -1.11. The molecule has 3 aromatic heterocycles. The van der Waals surface area contributed by atoms with Crippen LogP contribution in [0.5, 0.6) is 0 Å². The number of esters is 1. The molecule has 51 heavy (non-hydrogen) atoms. The molecule has 1 fully saturated rings. The highest BCUT2D eigenvalue weighted by atomic mass is 16.6. The number of rotatable bonds is 11. The van der Waals surface area contributed by atoms with Crippen molar-refractivity contribution >= 4 is 41.6 Å². The van der Waals surface area contributed by atoms with Crippen molar-refractivity contribution in [3.63, 3.8) is 0 Å². The van der Waals surface area contributed by atoms with Gasteiger partial charge in [0.15, 0.2) is 12.1 Å². The van der Waals surface area contributed by atoms with E-state index >= 15 is 0 Å². The van der Waals surface area contributed by atoms with Gasteiger partial charge in [0.25, 0.3) is 0 Å². The molecule has 9 nitrogen and oxygen atoms in total. The minimum absolute atomic E-state index is 0.0381. The maximum Gasteiger partial charge on any atom is 0.321 e. The van der Waals surface area contributed by atoms with E-state index in [1.807, 2.05) is 19.1 Å². The van der Waals surface area contributed by atoms with Crippen LogP contribution < -0.4 is 16.0 Å². The molecule has 1 unspecified atom stereocenters. The molecule has 0 radical (unpaired) electrons. The number of hydrogen-bond acceptors (Lipinski definition) is 6. The molecule has 270 valence electrons. The lowest BCUT2D eigenvalue weighted by atomic mass is 9.85. The molecule has 1 aliphatic carbocycles. The van der Waals surface area contributed by atoms with E-state index in [-0.39, 0.29) is 17.6 Å². The summed E-state index contributed by atoms with van der Waals surface area (Å²) in [7, 11) is 1.32. The molecule has 2 aliphatic heterocycles. The van der Waals surface area contributed by atoms with Crippen LogP contribution in [0.1, 0.15) is 114 Å². The molecule has 4 atom stereocenters. The topological polar surface area (TPSA) is 132 Å². The number of ether oxygens (including phenoxy) is 2. The van der Waals surface area contributed by atoms with Crippen LogP contribution in [0.15, 0.2) is 29.6 Å². The average Bonchev–Trinajstić information content (AvgIpc) is 3.84. The van der Waals surface area contributed by atoms with Crippen molar-refractivity contribution in [3.05, 3.63) is 96.5 Å². The van der Waals surface area contributed by atoms with Gasteiger partial charge in [-0.2, -0.15) is 0 Å².